The van der Waals surface area contributed by atoms with Gasteiger partial charge in [-0.15, -0.1) is 0 Å². The highest BCUT2D eigenvalue weighted by Crippen LogP contribution is 2.34. The Morgan fingerprint density at radius 2 is 2.00 bits per heavy atom. The van der Waals surface area contributed by atoms with Crippen molar-refractivity contribution < 1.29 is 18.7 Å². The molecule has 1 amide bonds. The number of rotatable bonds is 5. The molecule has 0 aliphatic rings. The maximum Gasteiger partial charge on any atom is 0.255 e. The summed E-state index contributed by atoms with van der Waals surface area (Å²) < 4.78 is 24.3. The Morgan fingerprint density at radius 1 is 1.25 bits per heavy atom. The quantitative estimate of drug-likeness (QED) is 0.915. The van der Waals surface area contributed by atoms with Crippen molar-refractivity contribution in [3.05, 3.63) is 58.9 Å². The molecule has 0 bridgehead atoms. The smallest absolute Gasteiger partial charge is 0.255 e. The number of amides is 1. The third-order valence-electron chi connectivity index (χ3n) is 3.52. The first kappa shape index (κ1) is 17.3. The van der Waals surface area contributed by atoms with E-state index in [4.69, 9.17) is 9.47 Å². The van der Waals surface area contributed by atoms with Gasteiger partial charge in [0, 0.05) is 5.56 Å². The number of nitriles is 1. The molecule has 124 valence electrons. The zero-order chi connectivity index (χ0) is 17.7. The number of hydrogen-bond acceptors (Lipinski definition) is 4. The lowest BCUT2D eigenvalue weighted by Gasteiger charge is -2.17. The molecule has 0 aliphatic carbocycles. The number of hydrogen-bond donors (Lipinski definition) is 1. The summed E-state index contributed by atoms with van der Waals surface area (Å²) in [4.78, 5) is 12.3. The first-order valence-corrected chi connectivity index (χ1v) is 7.19. The molecule has 24 heavy (non-hydrogen) atoms. The molecule has 0 aromatic heterocycles. The van der Waals surface area contributed by atoms with Crippen LogP contribution >= 0.6 is 0 Å². The van der Waals surface area contributed by atoms with Crippen LogP contribution < -0.4 is 14.8 Å². The second kappa shape index (κ2) is 7.47. The fourth-order valence-electron chi connectivity index (χ4n) is 2.34. The van der Waals surface area contributed by atoms with E-state index in [0.717, 1.165) is 5.56 Å². The predicted octanol–water partition coefficient (Wildman–Crippen LogP) is 3.15. The molecule has 1 atom stereocenters. The molecular formula is C18H17FN2O3. The second-order valence-electron chi connectivity index (χ2n) is 5.10. The Kier molecular flexibility index (Phi) is 5.38. The van der Waals surface area contributed by atoms with Crippen LogP contribution in [0.3, 0.4) is 0 Å². The van der Waals surface area contributed by atoms with Crippen LogP contribution in [0.15, 0.2) is 36.4 Å². The Morgan fingerprint density at radius 3 is 2.62 bits per heavy atom. The van der Waals surface area contributed by atoms with E-state index in [1.165, 1.54) is 26.4 Å². The number of nitrogens with one attached hydrogen (secondary N) is 1. The number of carbonyl (C=O) groups excluding carboxylic acids is 1. The third kappa shape index (κ3) is 3.46. The van der Waals surface area contributed by atoms with Crippen LogP contribution in [0.5, 0.6) is 11.5 Å². The fraction of sp³-hybridized carbons (Fsp3) is 0.222. The van der Waals surface area contributed by atoms with Crippen LogP contribution in [0.4, 0.5) is 4.39 Å². The van der Waals surface area contributed by atoms with Gasteiger partial charge in [-0.1, -0.05) is 23.8 Å². The molecule has 2 aromatic carbocycles. The number of nitrogens with zero attached hydrogens (tertiary/aromatic N) is 1. The second-order valence-corrected chi connectivity index (χ2v) is 5.10. The summed E-state index contributed by atoms with van der Waals surface area (Å²) in [6, 6.07) is 10.2. The van der Waals surface area contributed by atoms with Crippen molar-refractivity contribution in [2.45, 2.75) is 13.0 Å². The molecule has 0 saturated carbocycles. The molecule has 6 heteroatoms. The van der Waals surface area contributed by atoms with Crippen LogP contribution in [0, 0.1) is 24.1 Å². The molecule has 0 heterocycles. The highest BCUT2D eigenvalue weighted by atomic mass is 19.1. The fourth-order valence-corrected chi connectivity index (χ4v) is 2.34. The number of halogens is 1. The summed E-state index contributed by atoms with van der Waals surface area (Å²) in [6.07, 6.45) is 0. The summed E-state index contributed by atoms with van der Waals surface area (Å²) in [7, 11) is 2.92. The van der Waals surface area contributed by atoms with Gasteiger partial charge in [-0.2, -0.15) is 5.26 Å². The highest BCUT2D eigenvalue weighted by molar-refractivity contribution is 5.95. The molecule has 1 N–H and O–H groups in total. The van der Waals surface area contributed by atoms with E-state index >= 15 is 0 Å². The topological polar surface area (TPSA) is 71.3 Å². The Balaban J connectivity index is 2.35. The SMILES string of the molecule is COc1cccc([C@H](C#N)NC(=O)c2cc(C)ccc2F)c1OC. The van der Waals surface area contributed by atoms with E-state index in [-0.39, 0.29) is 5.56 Å². The van der Waals surface area contributed by atoms with Crippen molar-refractivity contribution in [3.63, 3.8) is 0 Å². The number of aryl methyl sites for hydroxylation is 1. The van der Waals surface area contributed by atoms with Crippen LogP contribution in [0.25, 0.3) is 0 Å². The standard InChI is InChI=1S/C18H17FN2O3/c1-11-7-8-14(19)13(9-11)18(22)21-15(10-20)12-5-4-6-16(23-2)17(12)24-3/h4-9,15H,1-3H3,(H,21,22)/t15-/m0/s1. The van der Waals surface area contributed by atoms with Gasteiger partial charge in [0.1, 0.15) is 11.9 Å². The molecule has 0 spiro atoms. The summed E-state index contributed by atoms with van der Waals surface area (Å²) in [5, 5.41) is 11.9. The molecule has 0 aliphatic heterocycles. The minimum Gasteiger partial charge on any atom is -0.493 e. The summed E-state index contributed by atoms with van der Waals surface area (Å²) in [5.74, 6) is -0.539. The highest BCUT2D eigenvalue weighted by Gasteiger charge is 2.22. The number of ether oxygens (including phenoxy) is 2. The van der Waals surface area contributed by atoms with Crippen molar-refractivity contribution in [1.29, 1.82) is 5.26 Å². The van der Waals surface area contributed by atoms with E-state index in [0.29, 0.717) is 17.1 Å². The van der Waals surface area contributed by atoms with Crippen LogP contribution in [0.2, 0.25) is 0 Å². The van der Waals surface area contributed by atoms with E-state index in [9.17, 15) is 14.4 Å². The summed E-state index contributed by atoms with van der Waals surface area (Å²) in [6.45, 7) is 1.75. The van der Waals surface area contributed by atoms with Gasteiger partial charge in [0.2, 0.25) is 0 Å². The van der Waals surface area contributed by atoms with E-state index in [2.05, 4.69) is 5.32 Å². The Bertz CT molecular complexity index is 799. The zero-order valence-corrected chi connectivity index (χ0v) is 13.6. The molecule has 5 nitrogen and oxygen atoms in total. The van der Waals surface area contributed by atoms with Gasteiger partial charge in [-0.25, -0.2) is 4.39 Å². The maximum atomic E-state index is 13.9. The van der Waals surface area contributed by atoms with Crippen molar-refractivity contribution in [1.82, 2.24) is 5.32 Å². The lowest BCUT2D eigenvalue weighted by molar-refractivity contribution is 0.0940. The van der Waals surface area contributed by atoms with E-state index in [1.807, 2.05) is 6.07 Å². The van der Waals surface area contributed by atoms with Crippen LogP contribution in [0.1, 0.15) is 27.5 Å². The van der Waals surface area contributed by atoms with Crippen LogP contribution in [-0.4, -0.2) is 20.1 Å². The van der Waals surface area contributed by atoms with Crippen molar-refractivity contribution >= 4 is 5.91 Å². The molecule has 0 radical (unpaired) electrons. The van der Waals surface area contributed by atoms with Crippen molar-refractivity contribution in [3.8, 4) is 17.6 Å². The van der Waals surface area contributed by atoms with Gasteiger partial charge in [0.25, 0.3) is 5.91 Å². The van der Waals surface area contributed by atoms with Gasteiger partial charge in [0.05, 0.1) is 25.9 Å². The van der Waals surface area contributed by atoms with Gasteiger partial charge in [-0.3, -0.25) is 4.79 Å². The number of carbonyl (C=O) groups is 1. The maximum absolute atomic E-state index is 13.9. The average Bonchev–Trinajstić information content (AvgIpc) is 2.60. The zero-order valence-electron chi connectivity index (χ0n) is 13.6. The first-order chi connectivity index (χ1) is 11.5. The molecule has 0 fully saturated rings. The summed E-state index contributed by atoms with van der Waals surface area (Å²) in [5.41, 5.74) is 1.06. The normalized spacial score (nSPS) is 11.3. The van der Waals surface area contributed by atoms with Gasteiger partial charge >= 0.3 is 0 Å². The van der Waals surface area contributed by atoms with Crippen LogP contribution in [-0.2, 0) is 0 Å². The van der Waals surface area contributed by atoms with Gasteiger partial charge in [0.15, 0.2) is 11.5 Å². The predicted molar refractivity (Wildman–Crippen MR) is 86.5 cm³/mol. The van der Waals surface area contributed by atoms with Crippen molar-refractivity contribution in [2.75, 3.05) is 14.2 Å². The number of para-hydroxylation sites is 1. The molecule has 2 rings (SSSR count). The number of benzene rings is 2. The molecule has 0 unspecified atom stereocenters. The number of methoxy groups -OCH3 is 2. The van der Waals surface area contributed by atoms with Gasteiger partial charge < -0.3 is 14.8 Å². The molecule has 2 aromatic rings. The summed E-state index contributed by atoms with van der Waals surface area (Å²) >= 11 is 0. The Hall–Kier alpha value is -3.07. The lowest BCUT2D eigenvalue weighted by atomic mass is 10.0. The van der Waals surface area contributed by atoms with E-state index in [1.54, 1.807) is 31.2 Å². The first-order valence-electron chi connectivity index (χ1n) is 7.19. The van der Waals surface area contributed by atoms with E-state index < -0.39 is 17.8 Å². The monoisotopic (exact) mass is 328 g/mol. The minimum absolute atomic E-state index is 0.114. The van der Waals surface area contributed by atoms with Crippen molar-refractivity contribution in [2.24, 2.45) is 0 Å². The lowest BCUT2D eigenvalue weighted by Crippen LogP contribution is -2.28. The third-order valence-corrected chi connectivity index (χ3v) is 3.52. The molecular weight excluding hydrogens is 311 g/mol. The Labute approximate surface area is 139 Å². The molecule has 0 saturated heterocycles. The minimum atomic E-state index is -1.01. The largest absolute Gasteiger partial charge is 0.493 e. The van der Waals surface area contributed by atoms with Gasteiger partial charge in [-0.05, 0) is 25.1 Å². The average molecular weight is 328 g/mol.